The lowest BCUT2D eigenvalue weighted by atomic mass is 10.2. The number of nitrogens with one attached hydrogen (secondary N) is 1. The van der Waals surface area contributed by atoms with Gasteiger partial charge in [-0.25, -0.2) is 0 Å². The Hall–Kier alpha value is -0.740. The lowest BCUT2D eigenvalue weighted by Gasteiger charge is -2.15. The number of halogens is 1. The maximum Gasteiger partial charge on any atom is 0.135 e. The van der Waals surface area contributed by atoms with E-state index in [1.54, 1.807) is 7.11 Å². The third-order valence-electron chi connectivity index (χ3n) is 3.41. The van der Waals surface area contributed by atoms with Gasteiger partial charge in [-0.05, 0) is 48.5 Å². The Morgan fingerprint density at radius 3 is 2.82 bits per heavy atom. The van der Waals surface area contributed by atoms with Crippen LogP contribution in [0.25, 0.3) is 0 Å². The number of ether oxygens (including phenoxy) is 1. The van der Waals surface area contributed by atoms with Gasteiger partial charge >= 0.3 is 0 Å². The molecule has 0 aliphatic carbocycles. The molecule has 0 bridgehead atoms. The minimum Gasteiger partial charge on any atom is -0.495 e. The quantitative estimate of drug-likeness (QED) is 0.928. The highest BCUT2D eigenvalue weighted by atomic mass is 79.9. The van der Waals surface area contributed by atoms with Crippen LogP contribution in [0.5, 0.6) is 5.75 Å². The van der Waals surface area contributed by atoms with E-state index < -0.39 is 0 Å². The van der Waals surface area contributed by atoms with Gasteiger partial charge in [-0.2, -0.15) is 0 Å². The Bertz CT molecular complexity index is 387. The van der Waals surface area contributed by atoms with E-state index in [4.69, 9.17) is 4.74 Å². The number of nitrogens with zero attached hydrogens (tertiary/aromatic N) is 1. The van der Waals surface area contributed by atoms with Crippen LogP contribution in [0, 0.1) is 0 Å². The van der Waals surface area contributed by atoms with Gasteiger partial charge in [-0.3, -0.25) is 0 Å². The van der Waals surface area contributed by atoms with Gasteiger partial charge in [0, 0.05) is 30.4 Å². The number of hydrogen-bond donors (Lipinski definition) is 1. The maximum atomic E-state index is 5.30. The molecule has 1 aromatic carbocycles. The van der Waals surface area contributed by atoms with Crippen LogP contribution < -0.4 is 10.1 Å². The van der Waals surface area contributed by atoms with Gasteiger partial charge in [-0.15, -0.1) is 0 Å². The van der Waals surface area contributed by atoms with E-state index in [1.807, 2.05) is 12.1 Å². The van der Waals surface area contributed by atoms with Crippen molar-refractivity contribution in [2.45, 2.75) is 25.4 Å². The zero-order valence-corrected chi connectivity index (χ0v) is 12.1. The average Bonchev–Trinajstić information content (AvgIpc) is 2.61. The van der Waals surface area contributed by atoms with Crippen molar-refractivity contribution in [2.24, 2.45) is 0 Å². The number of hydrogen-bond acceptors (Lipinski definition) is 3. The first kappa shape index (κ1) is 12.7. The normalized spacial score (nSPS) is 24.9. The van der Waals surface area contributed by atoms with Gasteiger partial charge < -0.3 is 15.0 Å². The van der Waals surface area contributed by atoms with Crippen LogP contribution in [-0.4, -0.2) is 37.7 Å². The third kappa shape index (κ3) is 2.93. The predicted molar refractivity (Wildman–Crippen MR) is 74.8 cm³/mol. The molecule has 17 heavy (non-hydrogen) atoms. The standard InChI is InChI=1S/C13H19BrN2O/c1-9-6-11(8-16(9)2)15-10-4-5-12(14)13(7-10)17-3/h4-5,7,9,11,15H,6,8H2,1-3H3. The molecular formula is C13H19BrN2O. The number of likely N-dealkylation sites (N-methyl/N-ethyl adjacent to an activating group) is 1. The molecule has 0 saturated carbocycles. The molecule has 4 heteroatoms. The Kier molecular flexibility index (Phi) is 3.94. The van der Waals surface area contributed by atoms with Crippen molar-refractivity contribution in [1.82, 2.24) is 4.90 Å². The Morgan fingerprint density at radius 1 is 1.47 bits per heavy atom. The minimum atomic E-state index is 0.529. The molecule has 1 N–H and O–H groups in total. The van der Waals surface area contributed by atoms with E-state index in [9.17, 15) is 0 Å². The van der Waals surface area contributed by atoms with Crippen molar-refractivity contribution in [3.8, 4) is 5.75 Å². The monoisotopic (exact) mass is 298 g/mol. The minimum absolute atomic E-state index is 0.529. The molecule has 2 atom stereocenters. The molecule has 2 rings (SSSR count). The molecule has 1 aromatic rings. The molecule has 1 aliphatic heterocycles. The molecule has 0 amide bonds. The summed E-state index contributed by atoms with van der Waals surface area (Å²) in [7, 11) is 3.86. The summed E-state index contributed by atoms with van der Waals surface area (Å²) in [6.07, 6.45) is 1.19. The lowest BCUT2D eigenvalue weighted by Crippen LogP contribution is -2.24. The lowest BCUT2D eigenvalue weighted by molar-refractivity contribution is 0.330. The van der Waals surface area contributed by atoms with Crippen LogP contribution in [0.3, 0.4) is 0 Å². The maximum absolute atomic E-state index is 5.30. The van der Waals surface area contributed by atoms with Crippen molar-refractivity contribution in [2.75, 3.05) is 26.0 Å². The van der Waals surface area contributed by atoms with Crippen LogP contribution in [-0.2, 0) is 0 Å². The summed E-state index contributed by atoms with van der Waals surface area (Å²) in [5.41, 5.74) is 1.12. The fraction of sp³-hybridized carbons (Fsp3) is 0.538. The fourth-order valence-corrected chi connectivity index (χ4v) is 2.69. The third-order valence-corrected chi connectivity index (χ3v) is 4.06. The molecule has 1 aliphatic rings. The zero-order valence-electron chi connectivity index (χ0n) is 10.5. The first-order valence-corrected chi connectivity index (χ1v) is 6.69. The van der Waals surface area contributed by atoms with Crippen molar-refractivity contribution in [3.63, 3.8) is 0 Å². The number of methoxy groups -OCH3 is 1. The van der Waals surface area contributed by atoms with Gasteiger partial charge in [-0.1, -0.05) is 0 Å². The topological polar surface area (TPSA) is 24.5 Å². The summed E-state index contributed by atoms with van der Waals surface area (Å²) >= 11 is 3.46. The van der Waals surface area contributed by atoms with Gasteiger partial charge in [0.15, 0.2) is 0 Å². The van der Waals surface area contributed by atoms with Crippen molar-refractivity contribution >= 4 is 21.6 Å². The molecule has 1 saturated heterocycles. The summed E-state index contributed by atoms with van der Waals surface area (Å²) in [6, 6.07) is 7.32. The Balaban J connectivity index is 2.04. The summed E-state index contributed by atoms with van der Waals surface area (Å²) < 4.78 is 6.28. The molecular weight excluding hydrogens is 280 g/mol. The molecule has 3 nitrogen and oxygen atoms in total. The summed E-state index contributed by atoms with van der Waals surface area (Å²) in [6.45, 7) is 3.36. The fourth-order valence-electron chi connectivity index (χ4n) is 2.28. The highest BCUT2D eigenvalue weighted by Crippen LogP contribution is 2.29. The second-order valence-corrected chi connectivity index (χ2v) is 5.57. The first-order chi connectivity index (χ1) is 8.10. The summed E-state index contributed by atoms with van der Waals surface area (Å²) in [5.74, 6) is 0.870. The molecule has 94 valence electrons. The smallest absolute Gasteiger partial charge is 0.135 e. The highest BCUT2D eigenvalue weighted by molar-refractivity contribution is 9.10. The molecule has 2 unspecified atom stereocenters. The summed E-state index contributed by atoms with van der Waals surface area (Å²) in [4.78, 5) is 2.38. The second kappa shape index (κ2) is 5.27. The molecule has 1 fully saturated rings. The van der Waals surface area contributed by atoms with E-state index in [1.165, 1.54) is 6.42 Å². The van der Waals surface area contributed by atoms with Crippen LogP contribution >= 0.6 is 15.9 Å². The highest BCUT2D eigenvalue weighted by Gasteiger charge is 2.25. The average molecular weight is 299 g/mol. The van der Waals surface area contributed by atoms with Crippen LogP contribution in [0.15, 0.2) is 22.7 Å². The van der Waals surface area contributed by atoms with Gasteiger partial charge in [0.1, 0.15) is 5.75 Å². The van der Waals surface area contributed by atoms with E-state index in [-0.39, 0.29) is 0 Å². The van der Waals surface area contributed by atoms with Crippen LogP contribution in [0.1, 0.15) is 13.3 Å². The molecule has 0 radical (unpaired) electrons. The van der Waals surface area contributed by atoms with Crippen molar-refractivity contribution in [3.05, 3.63) is 22.7 Å². The predicted octanol–water partition coefficient (Wildman–Crippen LogP) is 2.96. The van der Waals surface area contributed by atoms with Gasteiger partial charge in [0.2, 0.25) is 0 Å². The first-order valence-electron chi connectivity index (χ1n) is 5.90. The van der Waals surface area contributed by atoms with Gasteiger partial charge in [0.25, 0.3) is 0 Å². The van der Waals surface area contributed by atoms with Crippen molar-refractivity contribution in [1.29, 1.82) is 0 Å². The van der Waals surface area contributed by atoms with E-state index in [0.29, 0.717) is 12.1 Å². The molecule has 0 spiro atoms. The van der Waals surface area contributed by atoms with Crippen LogP contribution in [0.4, 0.5) is 5.69 Å². The van der Waals surface area contributed by atoms with E-state index in [0.717, 1.165) is 22.5 Å². The van der Waals surface area contributed by atoms with E-state index >= 15 is 0 Å². The Morgan fingerprint density at radius 2 is 2.24 bits per heavy atom. The Labute approximate surface area is 111 Å². The number of benzene rings is 1. The SMILES string of the molecule is COc1cc(NC2CC(C)N(C)C2)ccc1Br. The van der Waals surface area contributed by atoms with Gasteiger partial charge in [0.05, 0.1) is 11.6 Å². The number of anilines is 1. The largest absolute Gasteiger partial charge is 0.495 e. The zero-order chi connectivity index (χ0) is 12.4. The van der Waals surface area contributed by atoms with E-state index in [2.05, 4.69) is 46.2 Å². The second-order valence-electron chi connectivity index (χ2n) is 4.71. The molecule has 0 aromatic heterocycles. The van der Waals surface area contributed by atoms with Crippen molar-refractivity contribution < 1.29 is 4.74 Å². The summed E-state index contributed by atoms with van der Waals surface area (Å²) in [5, 5.41) is 3.56. The van der Waals surface area contributed by atoms with Crippen LogP contribution in [0.2, 0.25) is 0 Å². The number of likely N-dealkylation sites (tertiary alicyclic amines) is 1. The molecule has 1 heterocycles. The number of rotatable bonds is 3.